The molecule has 8 heteroatoms. The molecule has 4 amide bonds. The molecular weight excluding hydrogens is 487 g/mol. The molecule has 2 aliphatic heterocycles. The lowest BCUT2D eigenvalue weighted by Crippen LogP contribution is -2.48. The highest BCUT2D eigenvalue weighted by molar-refractivity contribution is 6.24. The standard InChI is InChI=1S/C30H29FN2O5/c1-3-13-32-26(35)19-11-10-18-20(24(19)28(32)37)15-21-27(36)33(17-7-5-4-6-8-17)29(38)30(21,2)25(18)16-9-12-23(34)22(31)14-16/h4-10,12,14,19-21,24-25,34H,3,11,13,15H2,1-2H3. The van der Waals surface area contributed by atoms with Gasteiger partial charge in [0.05, 0.1) is 28.9 Å². The van der Waals surface area contributed by atoms with Crippen molar-refractivity contribution in [1.29, 1.82) is 0 Å². The van der Waals surface area contributed by atoms with Crippen LogP contribution in [0.5, 0.6) is 5.75 Å². The van der Waals surface area contributed by atoms with Gasteiger partial charge in [0.2, 0.25) is 23.6 Å². The average molecular weight is 517 g/mol. The van der Waals surface area contributed by atoms with Gasteiger partial charge in [0, 0.05) is 12.5 Å². The van der Waals surface area contributed by atoms with E-state index in [0.29, 0.717) is 30.6 Å². The molecule has 3 fully saturated rings. The topological polar surface area (TPSA) is 95.0 Å². The number of imide groups is 2. The zero-order valence-electron chi connectivity index (χ0n) is 21.3. The van der Waals surface area contributed by atoms with E-state index in [1.807, 2.05) is 13.0 Å². The first-order valence-electron chi connectivity index (χ1n) is 13.2. The molecule has 2 aliphatic carbocycles. The average Bonchev–Trinajstić information content (AvgIpc) is 3.26. The van der Waals surface area contributed by atoms with Crippen LogP contribution in [0.15, 0.2) is 60.2 Å². The molecule has 7 nitrogen and oxygen atoms in total. The SMILES string of the molecule is CCCN1C(=O)C2CC=C3C(CC4C(=O)N(c5ccccc5)C(=O)C4(C)C3c3ccc(O)c(F)c3)C2C1=O. The van der Waals surface area contributed by atoms with Crippen molar-refractivity contribution in [3.63, 3.8) is 0 Å². The third-order valence-electron chi connectivity index (χ3n) is 9.13. The monoisotopic (exact) mass is 516 g/mol. The number of nitrogens with zero attached hydrogens (tertiary/aromatic N) is 2. The van der Waals surface area contributed by atoms with Gasteiger partial charge in [-0.25, -0.2) is 9.29 Å². The Labute approximate surface area is 219 Å². The highest BCUT2D eigenvalue weighted by atomic mass is 19.1. The summed E-state index contributed by atoms with van der Waals surface area (Å²) in [6.45, 7) is 4.01. The highest BCUT2D eigenvalue weighted by Crippen LogP contribution is 2.63. The van der Waals surface area contributed by atoms with Crippen molar-refractivity contribution in [2.24, 2.45) is 29.1 Å². The summed E-state index contributed by atoms with van der Waals surface area (Å²) in [5.74, 6) is -5.47. The Morgan fingerprint density at radius 2 is 1.74 bits per heavy atom. The van der Waals surface area contributed by atoms with Crippen LogP contribution in [0.2, 0.25) is 0 Å². The van der Waals surface area contributed by atoms with E-state index in [9.17, 15) is 28.7 Å². The lowest BCUT2D eigenvalue weighted by Gasteiger charge is -2.49. The summed E-state index contributed by atoms with van der Waals surface area (Å²) >= 11 is 0. The first-order chi connectivity index (χ1) is 18.2. The number of phenols is 1. The molecule has 2 aromatic rings. The number of carbonyl (C=O) groups is 4. The largest absolute Gasteiger partial charge is 0.505 e. The summed E-state index contributed by atoms with van der Waals surface area (Å²) in [5.41, 5.74) is 0.483. The van der Waals surface area contributed by atoms with E-state index in [0.717, 1.165) is 5.57 Å². The molecule has 196 valence electrons. The summed E-state index contributed by atoms with van der Waals surface area (Å²) in [6, 6.07) is 12.8. The number of benzene rings is 2. The van der Waals surface area contributed by atoms with Crippen molar-refractivity contribution in [1.82, 2.24) is 4.90 Å². The van der Waals surface area contributed by atoms with Crippen LogP contribution in [0, 0.1) is 34.9 Å². The van der Waals surface area contributed by atoms with Gasteiger partial charge in [0.1, 0.15) is 0 Å². The minimum atomic E-state index is -1.24. The number of anilines is 1. The van der Waals surface area contributed by atoms with E-state index in [4.69, 9.17) is 0 Å². The summed E-state index contributed by atoms with van der Waals surface area (Å²) in [6.07, 6.45) is 3.19. The fraction of sp³-hybridized carbons (Fsp3) is 0.400. The number of halogens is 1. The predicted molar refractivity (Wildman–Crippen MR) is 136 cm³/mol. The molecule has 0 aromatic heterocycles. The van der Waals surface area contributed by atoms with Gasteiger partial charge in [0.15, 0.2) is 11.6 Å². The van der Waals surface area contributed by atoms with Gasteiger partial charge in [-0.2, -0.15) is 0 Å². The third kappa shape index (κ3) is 3.18. The van der Waals surface area contributed by atoms with Gasteiger partial charge < -0.3 is 5.11 Å². The summed E-state index contributed by atoms with van der Waals surface area (Å²) < 4.78 is 14.7. The maximum absolute atomic E-state index is 14.7. The van der Waals surface area contributed by atoms with Crippen molar-refractivity contribution in [2.75, 3.05) is 11.4 Å². The number of likely N-dealkylation sites (tertiary alicyclic amines) is 1. The molecule has 6 unspecified atom stereocenters. The van der Waals surface area contributed by atoms with Crippen LogP contribution in [0.3, 0.4) is 0 Å². The molecular formula is C30H29FN2O5. The minimum Gasteiger partial charge on any atom is -0.505 e. The second-order valence-electron chi connectivity index (χ2n) is 11.0. The van der Waals surface area contributed by atoms with Crippen LogP contribution in [0.25, 0.3) is 0 Å². The molecule has 2 aromatic carbocycles. The number of hydrogen-bond donors (Lipinski definition) is 1. The van der Waals surface area contributed by atoms with E-state index in [2.05, 4.69) is 0 Å². The van der Waals surface area contributed by atoms with E-state index < -0.39 is 46.6 Å². The van der Waals surface area contributed by atoms with Gasteiger partial charge in [-0.15, -0.1) is 0 Å². The van der Waals surface area contributed by atoms with E-state index in [1.54, 1.807) is 43.3 Å². The van der Waals surface area contributed by atoms with E-state index >= 15 is 0 Å². The Bertz CT molecular complexity index is 1400. The first kappa shape index (κ1) is 24.5. The Morgan fingerprint density at radius 1 is 1.00 bits per heavy atom. The Morgan fingerprint density at radius 3 is 2.42 bits per heavy atom. The molecule has 1 N–H and O–H groups in total. The van der Waals surface area contributed by atoms with Crippen LogP contribution >= 0.6 is 0 Å². The number of fused-ring (bicyclic) bond motifs is 4. The lowest BCUT2D eigenvalue weighted by atomic mass is 9.51. The first-order valence-corrected chi connectivity index (χ1v) is 13.2. The summed E-state index contributed by atoms with van der Waals surface area (Å²) in [5, 5.41) is 9.87. The van der Waals surface area contributed by atoms with Gasteiger partial charge >= 0.3 is 0 Å². The zero-order valence-corrected chi connectivity index (χ0v) is 21.3. The number of carbonyl (C=O) groups excluding carboxylic acids is 4. The number of phenolic OH excluding ortho intramolecular Hbond substituents is 1. The highest BCUT2D eigenvalue weighted by Gasteiger charge is 2.67. The molecule has 2 heterocycles. The van der Waals surface area contributed by atoms with Crippen molar-refractivity contribution >= 4 is 29.3 Å². The van der Waals surface area contributed by atoms with Crippen molar-refractivity contribution in [2.45, 2.75) is 39.0 Å². The van der Waals surface area contributed by atoms with Crippen molar-refractivity contribution < 1.29 is 28.7 Å². The van der Waals surface area contributed by atoms with Gasteiger partial charge in [-0.1, -0.05) is 42.8 Å². The fourth-order valence-corrected chi connectivity index (χ4v) is 7.43. The van der Waals surface area contributed by atoms with Crippen LogP contribution in [0.4, 0.5) is 10.1 Å². The maximum atomic E-state index is 14.7. The van der Waals surface area contributed by atoms with Crippen LogP contribution in [-0.2, 0) is 19.2 Å². The summed E-state index contributed by atoms with van der Waals surface area (Å²) in [4.78, 5) is 57.4. The molecule has 1 saturated carbocycles. The molecule has 6 rings (SSSR count). The number of allylic oxidation sites excluding steroid dienone is 2. The van der Waals surface area contributed by atoms with E-state index in [-0.39, 0.29) is 30.0 Å². The Balaban J connectivity index is 1.52. The maximum Gasteiger partial charge on any atom is 0.241 e. The van der Waals surface area contributed by atoms with Crippen molar-refractivity contribution in [3.05, 3.63) is 71.6 Å². The Kier molecular flexibility index (Phi) is 5.56. The number of hydrogen-bond acceptors (Lipinski definition) is 5. The summed E-state index contributed by atoms with van der Waals surface area (Å²) in [7, 11) is 0. The molecule has 38 heavy (non-hydrogen) atoms. The zero-order chi connectivity index (χ0) is 26.9. The van der Waals surface area contributed by atoms with Crippen molar-refractivity contribution in [3.8, 4) is 5.75 Å². The molecule has 0 spiro atoms. The fourth-order valence-electron chi connectivity index (χ4n) is 7.43. The second-order valence-corrected chi connectivity index (χ2v) is 11.0. The van der Waals surface area contributed by atoms with E-state index in [1.165, 1.54) is 21.9 Å². The molecule has 0 bridgehead atoms. The minimum absolute atomic E-state index is 0.183. The predicted octanol–water partition coefficient (Wildman–Crippen LogP) is 4.17. The van der Waals surface area contributed by atoms with Crippen LogP contribution in [-0.4, -0.2) is 40.2 Å². The molecule has 4 aliphatic rings. The molecule has 2 saturated heterocycles. The number of rotatable bonds is 4. The number of aromatic hydroxyl groups is 1. The number of amides is 4. The lowest BCUT2D eigenvalue weighted by molar-refractivity contribution is -0.140. The smallest absolute Gasteiger partial charge is 0.241 e. The molecule has 0 radical (unpaired) electrons. The second kappa shape index (κ2) is 8.61. The van der Waals surface area contributed by atoms with Crippen LogP contribution < -0.4 is 4.90 Å². The Hall–Kier alpha value is -3.81. The molecule has 6 atom stereocenters. The van der Waals surface area contributed by atoms with Gasteiger partial charge in [-0.3, -0.25) is 24.1 Å². The van der Waals surface area contributed by atoms with Gasteiger partial charge in [-0.05, 0) is 61.9 Å². The normalized spacial score (nSPS) is 32.3. The van der Waals surface area contributed by atoms with Crippen LogP contribution in [0.1, 0.15) is 44.6 Å². The quantitative estimate of drug-likeness (QED) is 0.486. The van der Waals surface area contributed by atoms with Gasteiger partial charge in [0.25, 0.3) is 0 Å². The third-order valence-corrected chi connectivity index (χ3v) is 9.13. The number of para-hydroxylation sites is 1.